The largest absolute Gasteiger partial charge is 0.504 e. The minimum absolute atomic E-state index is 0.144. The topological polar surface area (TPSA) is 235 Å². The van der Waals surface area contributed by atoms with E-state index in [0.717, 1.165) is 22.2 Å². The van der Waals surface area contributed by atoms with Crippen molar-refractivity contribution in [1.82, 2.24) is 19.1 Å². The first-order chi connectivity index (χ1) is 24.3. The molecule has 0 saturated carbocycles. The van der Waals surface area contributed by atoms with Crippen LogP contribution in [0.2, 0.25) is 0 Å². The quantitative estimate of drug-likeness (QED) is 0.0822. The molecule has 0 aliphatic rings. The van der Waals surface area contributed by atoms with E-state index in [0.29, 0.717) is 16.8 Å². The third-order valence-corrected chi connectivity index (χ3v) is 8.82. The number of aromatic nitrogens is 4. The summed E-state index contributed by atoms with van der Waals surface area (Å²) >= 11 is 0. The third kappa shape index (κ3) is 4.92. The fourth-order valence-corrected chi connectivity index (χ4v) is 6.06. The second-order valence-corrected chi connectivity index (χ2v) is 11.8. The van der Waals surface area contributed by atoms with Crippen LogP contribution in [-0.4, -0.2) is 65.1 Å². The van der Waals surface area contributed by atoms with Crippen molar-refractivity contribution in [2.24, 2.45) is 14.1 Å². The first-order valence-corrected chi connectivity index (χ1v) is 15.2. The molecule has 256 valence electrons. The number of phenols is 9. The molecule has 0 fully saturated rings. The number of fused-ring (bicyclic) bond motifs is 1. The molecular formula is C37H28N4O10. The molecule has 0 aliphatic heterocycles. The molecule has 14 heteroatoms. The van der Waals surface area contributed by atoms with Crippen molar-refractivity contribution in [1.29, 1.82) is 0 Å². The number of nitrogens with zero attached hydrogens (tertiary/aromatic N) is 4. The highest BCUT2D eigenvalue weighted by molar-refractivity contribution is 5.97. The standard InChI is InChI=1S/C37H28N4O10/c1-40-22-13-12-19(14-23(22)41(2)37(40)51)16-8-10-17(11-9-16)20-15-21(39-36(38-20)18-6-4-3-5-7-18)24-27(42)29(44)25(30(45)28(24)43)26-31(46)33(48)35(50)34(49)32(26)47/h3-15,42-50H,1-2H3. The normalized spacial score (nSPS) is 11.3. The highest BCUT2D eigenvalue weighted by Crippen LogP contribution is 2.62. The SMILES string of the molecule is Cn1c(=O)n(C)c2cc(-c3ccc(-c4cc(-c5c(O)c(O)c(-c6c(O)c(O)c(O)c(O)c6O)c(O)c5O)nc(-c5ccccc5)n4)cc3)ccc21. The van der Waals surface area contributed by atoms with E-state index in [9.17, 15) is 50.8 Å². The first kappa shape index (κ1) is 32.2. The van der Waals surface area contributed by atoms with Gasteiger partial charge in [0.15, 0.2) is 40.3 Å². The molecule has 5 aromatic carbocycles. The minimum Gasteiger partial charge on any atom is -0.504 e. The summed E-state index contributed by atoms with van der Waals surface area (Å²) < 4.78 is 3.14. The summed E-state index contributed by atoms with van der Waals surface area (Å²) in [5.74, 6) is -10.8. The average Bonchev–Trinajstić information content (AvgIpc) is 3.37. The van der Waals surface area contributed by atoms with E-state index < -0.39 is 68.4 Å². The molecule has 14 nitrogen and oxygen atoms in total. The zero-order valence-corrected chi connectivity index (χ0v) is 26.7. The number of benzene rings is 5. The van der Waals surface area contributed by atoms with Crippen LogP contribution in [0.4, 0.5) is 0 Å². The molecule has 0 spiro atoms. The molecule has 0 saturated heterocycles. The number of hydrogen-bond acceptors (Lipinski definition) is 12. The minimum atomic E-state index is -1.31. The van der Waals surface area contributed by atoms with Gasteiger partial charge in [-0.1, -0.05) is 60.7 Å². The van der Waals surface area contributed by atoms with E-state index in [1.54, 1.807) is 65.7 Å². The molecule has 7 rings (SSSR count). The summed E-state index contributed by atoms with van der Waals surface area (Å²) in [7, 11) is 3.41. The molecule has 0 unspecified atom stereocenters. The summed E-state index contributed by atoms with van der Waals surface area (Å²) in [6.07, 6.45) is 0. The lowest BCUT2D eigenvalue weighted by atomic mass is 9.94. The van der Waals surface area contributed by atoms with Crippen LogP contribution in [0.15, 0.2) is 83.7 Å². The number of rotatable bonds is 5. The van der Waals surface area contributed by atoms with Gasteiger partial charge in [0, 0.05) is 25.2 Å². The molecule has 0 bridgehead atoms. The molecule has 0 atom stereocenters. The average molecular weight is 689 g/mol. The smallest absolute Gasteiger partial charge is 0.328 e. The van der Waals surface area contributed by atoms with Gasteiger partial charge < -0.3 is 46.0 Å². The Morgan fingerprint density at radius 2 is 0.882 bits per heavy atom. The van der Waals surface area contributed by atoms with Crippen LogP contribution in [0.25, 0.3) is 67.2 Å². The van der Waals surface area contributed by atoms with Crippen molar-refractivity contribution in [3.05, 3.63) is 89.3 Å². The molecule has 0 amide bonds. The lowest BCUT2D eigenvalue weighted by Crippen LogP contribution is -2.19. The van der Waals surface area contributed by atoms with Gasteiger partial charge in [-0.25, -0.2) is 14.8 Å². The van der Waals surface area contributed by atoms with Crippen molar-refractivity contribution in [2.75, 3.05) is 0 Å². The van der Waals surface area contributed by atoms with Crippen molar-refractivity contribution in [3.63, 3.8) is 0 Å². The number of imidazole rings is 1. The Kier molecular flexibility index (Phi) is 7.37. The number of aryl methyl sites for hydroxylation is 2. The summed E-state index contributed by atoms with van der Waals surface area (Å²) in [6.45, 7) is 0. The lowest BCUT2D eigenvalue weighted by Gasteiger charge is -2.18. The highest BCUT2D eigenvalue weighted by atomic mass is 16.4. The first-order valence-electron chi connectivity index (χ1n) is 15.2. The van der Waals surface area contributed by atoms with Crippen LogP contribution in [0.1, 0.15) is 0 Å². The van der Waals surface area contributed by atoms with E-state index in [1.165, 1.54) is 6.07 Å². The van der Waals surface area contributed by atoms with Gasteiger partial charge in [-0.15, -0.1) is 0 Å². The maximum atomic E-state index is 12.4. The van der Waals surface area contributed by atoms with E-state index in [1.807, 2.05) is 30.3 Å². The Bertz CT molecular complexity index is 2560. The van der Waals surface area contributed by atoms with Crippen molar-refractivity contribution < 1.29 is 46.0 Å². The maximum Gasteiger partial charge on any atom is 0.328 e. The van der Waals surface area contributed by atoms with Gasteiger partial charge in [0.2, 0.25) is 17.2 Å². The highest BCUT2D eigenvalue weighted by Gasteiger charge is 2.33. The Morgan fingerprint density at radius 3 is 1.47 bits per heavy atom. The molecule has 51 heavy (non-hydrogen) atoms. The van der Waals surface area contributed by atoms with Crippen molar-refractivity contribution in [2.45, 2.75) is 0 Å². The zero-order valence-electron chi connectivity index (χ0n) is 26.7. The molecule has 2 aromatic heterocycles. The number of phenolic OH excluding ortho intramolecular Hbond substituents is 9. The Hall–Kier alpha value is -7.35. The second-order valence-electron chi connectivity index (χ2n) is 11.8. The Labute approximate surface area is 287 Å². The number of hydrogen-bond donors (Lipinski definition) is 9. The summed E-state index contributed by atoms with van der Waals surface area (Å²) in [6, 6.07) is 23.1. The Morgan fingerprint density at radius 1 is 0.431 bits per heavy atom. The van der Waals surface area contributed by atoms with Gasteiger partial charge in [-0.2, -0.15) is 0 Å². The second kappa shape index (κ2) is 11.7. The molecule has 0 radical (unpaired) electrons. The monoisotopic (exact) mass is 688 g/mol. The molecule has 9 N–H and O–H groups in total. The molecule has 7 aromatic rings. The molecule has 0 aliphatic carbocycles. The third-order valence-electron chi connectivity index (χ3n) is 8.82. The summed E-state index contributed by atoms with van der Waals surface area (Å²) in [4.78, 5) is 21.6. The lowest BCUT2D eigenvalue weighted by molar-refractivity contribution is 0.329. The van der Waals surface area contributed by atoms with Crippen LogP contribution in [-0.2, 0) is 14.1 Å². The van der Waals surface area contributed by atoms with Gasteiger partial charge in [0.25, 0.3) is 0 Å². The maximum absolute atomic E-state index is 12.4. The van der Waals surface area contributed by atoms with Gasteiger partial charge in [-0.3, -0.25) is 9.13 Å². The zero-order chi connectivity index (χ0) is 36.5. The fraction of sp³-hybridized carbons (Fsp3) is 0.0541. The van der Waals surface area contributed by atoms with E-state index in [2.05, 4.69) is 4.98 Å². The van der Waals surface area contributed by atoms with Crippen LogP contribution < -0.4 is 5.69 Å². The van der Waals surface area contributed by atoms with Gasteiger partial charge in [-0.05, 0) is 29.3 Å². The van der Waals surface area contributed by atoms with Crippen LogP contribution in [0.5, 0.6) is 51.7 Å². The predicted octanol–water partition coefficient (Wildman–Crippen LogP) is 5.35. The molecular weight excluding hydrogens is 660 g/mol. The Balaban J connectivity index is 1.38. The van der Waals surface area contributed by atoms with Gasteiger partial charge >= 0.3 is 5.69 Å². The summed E-state index contributed by atoms with van der Waals surface area (Å²) in [5, 5.41) is 95.4. The predicted molar refractivity (Wildman–Crippen MR) is 186 cm³/mol. The molecule has 2 heterocycles. The van der Waals surface area contributed by atoms with Crippen LogP contribution in [0, 0.1) is 0 Å². The van der Waals surface area contributed by atoms with Gasteiger partial charge in [0.1, 0.15) is 0 Å². The van der Waals surface area contributed by atoms with E-state index in [-0.39, 0.29) is 17.2 Å². The van der Waals surface area contributed by atoms with E-state index in [4.69, 9.17) is 4.98 Å². The van der Waals surface area contributed by atoms with Crippen LogP contribution in [0.3, 0.4) is 0 Å². The summed E-state index contributed by atoms with van der Waals surface area (Å²) in [5.41, 5.74) is 1.86. The number of aromatic hydroxyl groups is 9. The van der Waals surface area contributed by atoms with E-state index >= 15 is 0 Å². The fourth-order valence-electron chi connectivity index (χ4n) is 6.06. The van der Waals surface area contributed by atoms with Crippen molar-refractivity contribution in [3.8, 4) is 108 Å². The van der Waals surface area contributed by atoms with Gasteiger partial charge in [0.05, 0.1) is 39.1 Å². The van der Waals surface area contributed by atoms with Crippen molar-refractivity contribution >= 4 is 11.0 Å². The van der Waals surface area contributed by atoms with Crippen LogP contribution >= 0.6 is 0 Å².